The Morgan fingerprint density at radius 3 is 2.30 bits per heavy atom. The molecule has 2 heterocycles. The van der Waals surface area contributed by atoms with Gasteiger partial charge in [-0.25, -0.2) is 0 Å². The van der Waals surface area contributed by atoms with E-state index < -0.39 is 0 Å². The maximum atomic E-state index is 4.30. The largest absolute Gasteiger partial charge is 0.369 e. The molecule has 1 aromatic heterocycles. The third-order valence-corrected chi connectivity index (χ3v) is 4.99. The van der Waals surface area contributed by atoms with E-state index >= 15 is 0 Å². The first-order valence-electron chi connectivity index (χ1n) is 9.93. The summed E-state index contributed by atoms with van der Waals surface area (Å²) in [6, 6.07) is 14.8. The van der Waals surface area contributed by atoms with Crippen LogP contribution >= 0.6 is 0 Å². The molecule has 0 spiro atoms. The lowest BCUT2D eigenvalue weighted by Gasteiger charge is -2.36. The van der Waals surface area contributed by atoms with E-state index in [1.165, 1.54) is 5.69 Å². The van der Waals surface area contributed by atoms with Crippen LogP contribution in [0.4, 0.5) is 5.69 Å². The van der Waals surface area contributed by atoms with Crippen molar-refractivity contribution >= 4 is 11.6 Å². The second kappa shape index (κ2) is 10.6. The van der Waals surface area contributed by atoms with E-state index in [1.807, 2.05) is 19.2 Å². The molecule has 0 bridgehead atoms. The zero-order valence-corrected chi connectivity index (χ0v) is 16.3. The lowest BCUT2D eigenvalue weighted by Crippen LogP contribution is -2.47. The second-order valence-electron chi connectivity index (χ2n) is 6.86. The minimum atomic E-state index is 0.871. The summed E-state index contributed by atoms with van der Waals surface area (Å²) in [7, 11) is 1.83. The number of nitrogens with one attached hydrogen (secondary N) is 2. The molecule has 3 rings (SSSR count). The monoisotopic (exact) mass is 368 g/mol. The fraction of sp³-hybridized carbons (Fsp3) is 0.476. The number of hydrogen-bond acceptors (Lipinski definition) is 3. The molecule has 2 aromatic rings. The van der Waals surface area contributed by atoms with E-state index in [4.69, 9.17) is 0 Å². The van der Waals surface area contributed by atoms with E-state index in [-0.39, 0.29) is 0 Å². The van der Waals surface area contributed by atoms with Gasteiger partial charge in [0.2, 0.25) is 0 Å². The number of hydrogen-bond donors (Lipinski definition) is 2. The molecular weight excluding hydrogens is 336 g/mol. The maximum absolute atomic E-state index is 4.30. The molecule has 2 N–H and O–H groups in total. The first-order chi connectivity index (χ1) is 13.3. The highest BCUT2D eigenvalue weighted by Gasteiger charge is 2.16. The van der Waals surface area contributed by atoms with Gasteiger partial charge < -0.3 is 20.1 Å². The Morgan fingerprint density at radius 2 is 1.59 bits per heavy atom. The Bertz CT molecular complexity index is 659. The zero-order chi connectivity index (χ0) is 18.7. The van der Waals surface area contributed by atoms with Crippen LogP contribution in [0.3, 0.4) is 0 Å². The summed E-state index contributed by atoms with van der Waals surface area (Å²) in [5.41, 5.74) is 1.34. The van der Waals surface area contributed by atoms with Crippen LogP contribution in [0.25, 0.3) is 0 Å². The number of para-hydroxylation sites is 1. The van der Waals surface area contributed by atoms with Gasteiger partial charge in [0.25, 0.3) is 0 Å². The van der Waals surface area contributed by atoms with Gasteiger partial charge in [0.05, 0.1) is 0 Å². The molecule has 0 atom stereocenters. The molecule has 0 unspecified atom stereocenters. The summed E-state index contributed by atoms with van der Waals surface area (Å²) in [5.74, 6) is 0.885. The standard InChI is InChI=1S/C21H32N6/c1-22-21(24-11-15-25-12-5-6-13-25)23-10-7-14-26-16-18-27(19-17-26)20-8-3-2-4-9-20/h2-6,8-9,12-13H,7,10-11,14-19H2,1H3,(H2,22,23,24). The van der Waals surface area contributed by atoms with Crippen molar-refractivity contribution < 1.29 is 0 Å². The number of guanidine groups is 1. The fourth-order valence-corrected chi connectivity index (χ4v) is 3.42. The van der Waals surface area contributed by atoms with Crippen molar-refractivity contribution in [2.75, 3.05) is 57.8 Å². The van der Waals surface area contributed by atoms with Gasteiger partial charge in [0.15, 0.2) is 5.96 Å². The fourth-order valence-electron chi connectivity index (χ4n) is 3.42. The molecule has 0 amide bonds. The number of aliphatic imine (C=N–C) groups is 1. The predicted molar refractivity (Wildman–Crippen MR) is 114 cm³/mol. The van der Waals surface area contributed by atoms with Crippen molar-refractivity contribution in [1.29, 1.82) is 0 Å². The van der Waals surface area contributed by atoms with Crippen LogP contribution in [0.15, 0.2) is 59.9 Å². The van der Waals surface area contributed by atoms with Crippen molar-refractivity contribution in [2.24, 2.45) is 4.99 Å². The van der Waals surface area contributed by atoms with Crippen molar-refractivity contribution in [3.63, 3.8) is 0 Å². The average molecular weight is 369 g/mol. The number of rotatable bonds is 8. The van der Waals surface area contributed by atoms with E-state index in [9.17, 15) is 0 Å². The van der Waals surface area contributed by atoms with Gasteiger partial charge in [-0.1, -0.05) is 18.2 Å². The highest BCUT2D eigenvalue weighted by atomic mass is 15.3. The van der Waals surface area contributed by atoms with Crippen LogP contribution in [-0.2, 0) is 6.54 Å². The van der Waals surface area contributed by atoms with Crippen molar-refractivity contribution in [3.05, 3.63) is 54.9 Å². The molecule has 1 aliphatic rings. The molecule has 0 aliphatic carbocycles. The summed E-state index contributed by atoms with van der Waals surface area (Å²) >= 11 is 0. The normalized spacial score (nSPS) is 15.7. The van der Waals surface area contributed by atoms with Gasteiger partial charge in [-0.2, -0.15) is 0 Å². The molecule has 1 aliphatic heterocycles. The first-order valence-corrected chi connectivity index (χ1v) is 9.93. The van der Waals surface area contributed by atoms with Crippen LogP contribution in [-0.4, -0.2) is 68.3 Å². The summed E-state index contributed by atoms with van der Waals surface area (Å²) in [6.07, 6.45) is 5.29. The number of benzene rings is 1. The molecule has 27 heavy (non-hydrogen) atoms. The predicted octanol–water partition coefficient (Wildman–Crippen LogP) is 1.87. The SMILES string of the molecule is CN=C(NCCCN1CCN(c2ccccc2)CC1)NCCn1cccc1. The van der Waals surface area contributed by atoms with Crippen LogP contribution in [0.2, 0.25) is 0 Å². The van der Waals surface area contributed by atoms with Crippen molar-refractivity contribution in [3.8, 4) is 0 Å². The van der Waals surface area contributed by atoms with Gasteiger partial charge in [-0.05, 0) is 37.2 Å². The summed E-state index contributed by atoms with van der Waals surface area (Å²) < 4.78 is 2.16. The molecular formula is C21H32N6. The third kappa shape index (κ3) is 6.32. The first kappa shape index (κ1) is 19.3. The van der Waals surface area contributed by atoms with Crippen molar-refractivity contribution in [2.45, 2.75) is 13.0 Å². The number of anilines is 1. The average Bonchev–Trinajstić information content (AvgIpc) is 3.24. The highest BCUT2D eigenvalue weighted by Crippen LogP contribution is 2.15. The number of nitrogens with zero attached hydrogens (tertiary/aromatic N) is 4. The van der Waals surface area contributed by atoms with Crippen LogP contribution < -0.4 is 15.5 Å². The topological polar surface area (TPSA) is 47.8 Å². The van der Waals surface area contributed by atoms with Crippen LogP contribution in [0.5, 0.6) is 0 Å². The summed E-state index contributed by atoms with van der Waals surface area (Å²) in [6.45, 7) is 8.39. The van der Waals surface area contributed by atoms with E-state index in [2.05, 4.69) is 72.7 Å². The molecule has 146 valence electrons. The van der Waals surface area contributed by atoms with Crippen LogP contribution in [0, 0.1) is 0 Å². The Kier molecular flexibility index (Phi) is 7.59. The minimum Gasteiger partial charge on any atom is -0.369 e. The van der Waals surface area contributed by atoms with Crippen LogP contribution in [0.1, 0.15) is 6.42 Å². The summed E-state index contributed by atoms with van der Waals surface area (Å²) in [5, 5.41) is 6.78. The van der Waals surface area contributed by atoms with Gasteiger partial charge in [-0.3, -0.25) is 9.89 Å². The van der Waals surface area contributed by atoms with Crippen molar-refractivity contribution in [1.82, 2.24) is 20.1 Å². The van der Waals surface area contributed by atoms with Gasteiger partial charge >= 0.3 is 0 Å². The lowest BCUT2D eigenvalue weighted by molar-refractivity contribution is 0.255. The van der Waals surface area contributed by atoms with Gasteiger partial charge in [0.1, 0.15) is 0 Å². The van der Waals surface area contributed by atoms with Gasteiger partial charge in [0, 0.05) is 70.9 Å². The Balaban J connectivity index is 1.26. The maximum Gasteiger partial charge on any atom is 0.191 e. The Morgan fingerprint density at radius 1 is 0.889 bits per heavy atom. The molecule has 0 radical (unpaired) electrons. The van der Waals surface area contributed by atoms with E-state index in [0.717, 1.165) is 64.7 Å². The van der Waals surface area contributed by atoms with E-state index in [0.29, 0.717) is 0 Å². The molecule has 1 fully saturated rings. The second-order valence-corrected chi connectivity index (χ2v) is 6.86. The quantitative estimate of drug-likeness (QED) is 0.424. The minimum absolute atomic E-state index is 0.871. The molecule has 1 aromatic carbocycles. The zero-order valence-electron chi connectivity index (χ0n) is 16.3. The molecule has 6 nitrogen and oxygen atoms in total. The Labute approximate surface area is 162 Å². The lowest BCUT2D eigenvalue weighted by atomic mass is 10.2. The Hall–Kier alpha value is -2.47. The van der Waals surface area contributed by atoms with Gasteiger partial charge in [-0.15, -0.1) is 0 Å². The third-order valence-electron chi connectivity index (χ3n) is 4.99. The molecule has 6 heteroatoms. The summed E-state index contributed by atoms with van der Waals surface area (Å²) in [4.78, 5) is 9.34. The smallest absolute Gasteiger partial charge is 0.191 e. The van der Waals surface area contributed by atoms with E-state index in [1.54, 1.807) is 0 Å². The number of aromatic nitrogens is 1. The number of piperazine rings is 1. The molecule has 1 saturated heterocycles. The highest BCUT2D eigenvalue weighted by molar-refractivity contribution is 5.79. The molecule has 0 saturated carbocycles.